The fourth-order valence-corrected chi connectivity index (χ4v) is 2.79. The Balaban J connectivity index is 1.73. The van der Waals surface area contributed by atoms with Crippen LogP contribution in [0.3, 0.4) is 0 Å². The number of carbonyl (C=O) groups is 1. The number of methoxy groups -OCH3 is 1. The zero-order valence-corrected chi connectivity index (χ0v) is 11.4. The second-order valence-corrected chi connectivity index (χ2v) is 5.40. The molecule has 1 fully saturated rings. The Hall–Kier alpha value is -0.910. The summed E-state index contributed by atoms with van der Waals surface area (Å²) in [5, 5.41) is 1.94. The van der Waals surface area contributed by atoms with Gasteiger partial charge in [0, 0.05) is 26.1 Å². The molecule has 1 aliphatic heterocycles. The predicted octanol–water partition coefficient (Wildman–Crippen LogP) is 1.87. The van der Waals surface area contributed by atoms with E-state index in [0.717, 1.165) is 31.0 Å². The van der Waals surface area contributed by atoms with Crippen LogP contribution in [-0.4, -0.2) is 50.8 Å². The predicted molar refractivity (Wildman–Crippen MR) is 71.0 cm³/mol. The van der Waals surface area contributed by atoms with E-state index in [1.165, 1.54) is 11.3 Å². The highest BCUT2D eigenvalue weighted by Crippen LogP contribution is 2.20. The standard InChI is InChI=1S/C13H19NO3S/c1-16-6-7-17-10-11-4-5-14(9-11)13(15)12-3-2-8-18-12/h2-3,8,11H,4-7,9-10H2,1H3/t11-/m0/s1. The number of nitrogens with zero attached hydrogens (tertiary/aromatic N) is 1. The van der Waals surface area contributed by atoms with Crippen molar-refractivity contribution in [2.24, 2.45) is 5.92 Å². The molecule has 0 radical (unpaired) electrons. The molecule has 1 atom stereocenters. The smallest absolute Gasteiger partial charge is 0.263 e. The summed E-state index contributed by atoms with van der Waals surface area (Å²) in [5.41, 5.74) is 0. The van der Waals surface area contributed by atoms with Gasteiger partial charge in [-0.2, -0.15) is 0 Å². The number of ether oxygens (including phenoxy) is 2. The molecule has 5 heteroatoms. The fraction of sp³-hybridized carbons (Fsp3) is 0.615. The van der Waals surface area contributed by atoms with Crippen molar-refractivity contribution in [1.29, 1.82) is 0 Å². The minimum atomic E-state index is 0.157. The van der Waals surface area contributed by atoms with Crippen molar-refractivity contribution < 1.29 is 14.3 Å². The first-order chi connectivity index (χ1) is 8.81. The van der Waals surface area contributed by atoms with Crippen molar-refractivity contribution >= 4 is 17.2 Å². The first-order valence-electron chi connectivity index (χ1n) is 6.20. The van der Waals surface area contributed by atoms with Gasteiger partial charge in [-0.05, 0) is 17.9 Å². The Morgan fingerprint density at radius 2 is 2.44 bits per heavy atom. The van der Waals surface area contributed by atoms with E-state index < -0.39 is 0 Å². The van der Waals surface area contributed by atoms with Gasteiger partial charge < -0.3 is 14.4 Å². The summed E-state index contributed by atoms with van der Waals surface area (Å²) in [7, 11) is 1.67. The van der Waals surface area contributed by atoms with Gasteiger partial charge in [-0.3, -0.25) is 4.79 Å². The van der Waals surface area contributed by atoms with Crippen molar-refractivity contribution in [2.75, 3.05) is 40.0 Å². The van der Waals surface area contributed by atoms with Crippen LogP contribution in [0.5, 0.6) is 0 Å². The van der Waals surface area contributed by atoms with Gasteiger partial charge in [0.25, 0.3) is 5.91 Å². The van der Waals surface area contributed by atoms with E-state index in [4.69, 9.17) is 9.47 Å². The molecular weight excluding hydrogens is 250 g/mol. The van der Waals surface area contributed by atoms with Gasteiger partial charge >= 0.3 is 0 Å². The van der Waals surface area contributed by atoms with Crippen molar-refractivity contribution in [1.82, 2.24) is 4.90 Å². The highest BCUT2D eigenvalue weighted by Gasteiger charge is 2.27. The van der Waals surface area contributed by atoms with Crippen LogP contribution in [0.15, 0.2) is 17.5 Å². The van der Waals surface area contributed by atoms with E-state index in [-0.39, 0.29) is 5.91 Å². The fourth-order valence-electron chi connectivity index (χ4n) is 2.10. The zero-order chi connectivity index (χ0) is 12.8. The van der Waals surface area contributed by atoms with E-state index in [1.54, 1.807) is 7.11 Å². The highest BCUT2D eigenvalue weighted by atomic mass is 32.1. The van der Waals surface area contributed by atoms with Crippen molar-refractivity contribution in [3.8, 4) is 0 Å². The van der Waals surface area contributed by atoms with Gasteiger partial charge in [0.05, 0.1) is 24.7 Å². The normalized spacial score (nSPS) is 19.4. The van der Waals surface area contributed by atoms with Crippen LogP contribution in [0.2, 0.25) is 0 Å². The van der Waals surface area contributed by atoms with Crippen LogP contribution in [0.4, 0.5) is 0 Å². The average Bonchev–Trinajstić information content (AvgIpc) is 3.05. The van der Waals surface area contributed by atoms with E-state index in [0.29, 0.717) is 19.1 Å². The summed E-state index contributed by atoms with van der Waals surface area (Å²) in [4.78, 5) is 14.9. The van der Waals surface area contributed by atoms with Crippen LogP contribution >= 0.6 is 11.3 Å². The first-order valence-corrected chi connectivity index (χ1v) is 7.08. The molecule has 0 unspecified atom stereocenters. The lowest BCUT2D eigenvalue weighted by Crippen LogP contribution is -2.28. The summed E-state index contributed by atoms with van der Waals surface area (Å²) >= 11 is 1.50. The van der Waals surface area contributed by atoms with Crippen molar-refractivity contribution in [3.05, 3.63) is 22.4 Å². The van der Waals surface area contributed by atoms with Gasteiger partial charge in [0.15, 0.2) is 0 Å². The maximum Gasteiger partial charge on any atom is 0.263 e. The van der Waals surface area contributed by atoms with Crippen LogP contribution < -0.4 is 0 Å². The Morgan fingerprint density at radius 3 is 3.17 bits per heavy atom. The molecule has 1 aromatic heterocycles. The number of hydrogen-bond donors (Lipinski definition) is 0. The maximum absolute atomic E-state index is 12.1. The van der Waals surface area contributed by atoms with Crippen LogP contribution in [0.1, 0.15) is 16.1 Å². The quantitative estimate of drug-likeness (QED) is 0.740. The molecule has 0 aromatic carbocycles. The number of carbonyl (C=O) groups excluding carboxylic acids is 1. The SMILES string of the molecule is COCCOC[C@H]1CCN(C(=O)c2cccs2)C1. The summed E-state index contributed by atoms with van der Waals surface area (Å²) in [6.07, 6.45) is 1.03. The monoisotopic (exact) mass is 269 g/mol. The molecule has 100 valence electrons. The molecule has 2 heterocycles. The Bertz CT molecular complexity index is 366. The van der Waals surface area contributed by atoms with E-state index >= 15 is 0 Å². The lowest BCUT2D eigenvalue weighted by molar-refractivity contribution is 0.0516. The molecule has 0 spiro atoms. The number of thiophene rings is 1. The largest absolute Gasteiger partial charge is 0.382 e. The second kappa shape index (κ2) is 6.87. The minimum Gasteiger partial charge on any atom is -0.382 e. The van der Waals surface area contributed by atoms with Gasteiger partial charge in [-0.1, -0.05) is 6.07 Å². The maximum atomic E-state index is 12.1. The summed E-state index contributed by atoms with van der Waals surface area (Å²) in [6, 6.07) is 3.80. The van der Waals surface area contributed by atoms with Crippen LogP contribution in [-0.2, 0) is 9.47 Å². The molecule has 0 bridgehead atoms. The Kier molecular flexibility index (Phi) is 5.16. The first kappa shape index (κ1) is 13.5. The Morgan fingerprint density at radius 1 is 1.56 bits per heavy atom. The number of rotatable bonds is 6. The van der Waals surface area contributed by atoms with Gasteiger partial charge in [-0.15, -0.1) is 11.3 Å². The third kappa shape index (κ3) is 3.54. The molecule has 2 rings (SSSR count). The van der Waals surface area contributed by atoms with Crippen molar-refractivity contribution in [2.45, 2.75) is 6.42 Å². The molecule has 0 N–H and O–H groups in total. The lowest BCUT2D eigenvalue weighted by Gasteiger charge is -2.15. The number of amides is 1. The van der Waals surface area contributed by atoms with Crippen LogP contribution in [0.25, 0.3) is 0 Å². The highest BCUT2D eigenvalue weighted by molar-refractivity contribution is 7.12. The molecule has 1 aliphatic rings. The third-order valence-electron chi connectivity index (χ3n) is 3.09. The molecule has 1 amide bonds. The summed E-state index contributed by atoms with van der Waals surface area (Å²) in [6.45, 7) is 3.63. The van der Waals surface area contributed by atoms with E-state index in [2.05, 4.69) is 0 Å². The van der Waals surface area contributed by atoms with Crippen molar-refractivity contribution in [3.63, 3.8) is 0 Å². The third-order valence-corrected chi connectivity index (χ3v) is 3.95. The topological polar surface area (TPSA) is 38.8 Å². The molecule has 1 saturated heterocycles. The minimum absolute atomic E-state index is 0.157. The summed E-state index contributed by atoms with van der Waals surface area (Å²) < 4.78 is 10.4. The summed E-state index contributed by atoms with van der Waals surface area (Å²) in [5.74, 6) is 0.621. The molecule has 18 heavy (non-hydrogen) atoms. The second-order valence-electron chi connectivity index (χ2n) is 4.45. The molecule has 1 aromatic rings. The molecule has 0 saturated carbocycles. The van der Waals surface area contributed by atoms with Gasteiger partial charge in [0.1, 0.15) is 0 Å². The van der Waals surface area contributed by atoms with Crippen LogP contribution in [0, 0.1) is 5.92 Å². The molecular formula is C13H19NO3S. The van der Waals surface area contributed by atoms with Gasteiger partial charge in [-0.25, -0.2) is 0 Å². The Labute approximate surface area is 111 Å². The van der Waals surface area contributed by atoms with Gasteiger partial charge in [0.2, 0.25) is 0 Å². The number of likely N-dealkylation sites (tertiary alicyclic amines) is 1. The number of hydrogen-bond acceptors (Lipinski definition) is 4. The molecule has 0 aliphatic carbocycles. The van der Waals surface area contributed by atoms with E-state index in [9.17, 15) is 4.79 Å². The lowest BCUT2D eigenvalue weighted by atomic mass is 10.1. The molecule has 4 nitrogen and oxygen atoms in total. The van der Waals surface area contributed by atoms with E-state index in [1.807, 2.05) is 22.4 Å². The zero-order valence-electron chi connectivity index (χ0n) is 10.6. The average molecular weight is 269 g/mol.